The molecule has 0 bridgehead atoms. The second kappa shape index (κ2) is 9.41. The van der Waals surface area contributed by atoms with Crippen molar-refractivity contribution in [2.75, 3.05) is 7.05 Å². The zero-order valence-corrected chi connectivity index (χ0v) is 20.6. The fourth-order valence-electron chi connectivity index (χ4n) is 2.81. The van der Waals surface area contributed by atoms with E-state index in [0.717, 1.165) is 10.5 Å². The van der Waals surface area contributed by atoms with Gasteiger partial charge in [-0.25, -0.2) is 8.57 Å². The van der Waals surface area contributed by atoms with Gasteiger partial charge in [-0.1, -0.05) is 82.3 Å². The van der Waals surface area contributed by atoms with E-state index in [1.54, 1.807) is 12.5 Å². The Balaban J connectivity index is 2.39. The van der Waals surface area contributed by atoms with Crippen LogP contribution in [0, 0.1) is 5.92 Å². The van der Waals surface area contributed by atoms with E-state index in [-0.39, 0.29) is 17.1 Å². The van der Waals surface area contributed by atoms with Gasteiger partial charge in [0.15, 0.2) is 8.32 Å². The summed E-state index contributed by atoms with van der Waals surface area (Å²) in [5.74, 6) is 0.0535. The van der Waals surface area contributed by atoms with Crippen LogP contribution in [0.2, 0.25) is 18.1 Å². The molecular formula is C24H35NO2SSi. The highest BCUT2D eigenvalue weighted by molar-refractivity contribution is 7.96. The van der Waals surface area contributed by atoms with Crippen molar-refractivity contribution in [2.24, 2.45) is 10.3 Å². The molecule has 3 nitrogen and oxygen atoms in total. The molecule has 0 spiro atoms. The van der Waals surface area contributed by atoms with E-state index in [9.17, 15) is 4.21 Å². The lowest BCUT2D eigenvalue weighted by atomic mass is 9.98. The summed E-state index contributed by atoms with van der Waals surface area (Å²) in [5.41, 5.74) is 1.15. The van der Waals surface area contributed by atoms with Crippen molar-refractivity contribution in [3.05, 3.63) is 77.7 Å². The van der Waals surface area contributed by atoms with Gasteiger partial charge in [-0.2, -0.15) is 0 Å². The van der Waals surface area contributed by atoms with E-state index in [0.29, 0.717) is 0 Å². The summed E-state index contributed by atoms with van der Waals surface area (Å²) in [6.45, 7) is 13.4. The van der Waals surface area contributed by atoms with E-state index >= 15 is 0 Å². The third kappa shape index (κ3) is 5.90. The molecule has 0 amide bonds. The molecule has 0 fully saturated rings. The number of nitrogens with zero attached hydrogens (tertiary/aromatic N) is 1. The van der Waals surface area contributed by atoms with Crippen LogP contribution in [0.4, 0.5) is 0 Å². The summed E-state index contributed by atoms with van der Waals surface area (Å²) in [5, 5.41) is 1.87. The van der Waals surface area contributed by atoms with Crippen molar-refractivity contribution in [2.45, 2.75) is 56.8 Å². The molecular weight excluding hydrogens is 394 g/mol. The highest BCUT2D eigenvalue weighted by atomic mass is 32.2. The maximum Gasteiger partial charge on any atom is 0.192 e. The Hall–Kier alpha value is -1.69. The zero-order valence-electron chi connectivity index (χ0n) is 18.8. The predicted octanol–water partition coefficient (Wildman–Crippen LogP) is 7.06. The van der Waals surface area contributed by atoms with Crippen LogP contribution in [0.25, 0.3) is 0 Å². The topological polar surface area (TPSA) is 38.7 Å². The lowest BCUT2D eigenvalue weighted by Gasteiger charge is -2.40. The number of rotatable bonds is 7. The van der Waals surface area contributed by atoms with Gasteiger partial charge >= 0.3 is 0 Å². The van der Waals surface area contributed by atoms with Crippen LogP contribution in [0.1, 0.15) is 39.4 Å². The van der Waals surface area contributed by atoms with Gasteiger partial charge in [0.1, 0.15) is 0 Å². The van der Waals surface area contributed by atoms with Crippen molar-refractivity contribution < 1.29 is 8.63 Å². The van der Waals surface area contributed by atoms with Gasteiger partial charge in [0.05, 0.1) is 20.7 Å². The van der Waals surface area contributed by atoms with Crippen molar-refractivity contribution in [3.63, 3.8) is 0 Å². The van der Waals surface area contributed by atoms with Gasteiger partial charge in [0.2, 0.25) is 0 Å². The SMILES string of the molecule is CN=[S@@](=O)(/C=C/[C@@H](C)[C@@H](O[Si](C)(C)C(C)(C)C)c1ccccc1)c1ccccc1. The minimum absolute atomic E-state index is 0.0535. The fourth-order valence-corrected chi connectivity index (χ4v) is 5.64. The molecule has 0 unspecified atom stereocenters. The van der Waals surface area contributed by atoms with E-state index in [1.165, 1.54) is 0 Å². The number of hydrogen-bond acceptors (Lipinski definition) is 3. The average Bonchev–Trinajstić information content (AvgIpc) is 2.70. The Morgan fingerprint density at radius 2 is 1.52 bits per heavy atom. The average molecular weight is 430 g/mol. The Bertz CT molecular complexity index is 924. The van der Waals surface area contributed by atoms with Crippen molar-refractivity contribution in [1.82, 2.24) is 0 Å². The molecule has 0 radical (unpaired) electrons. The van der Waals surface area contributed by atoms with Crippen LogP contribution in [0.15, 0.2) is 81.4 Å². The molecule has 0 aliphatic heterocycles. The molecule has 0 N–H and O–H groups in total. The van der Waals surface area contributed by atoms with Gasteiger partial charge in [-0.05, 0) is 35.8 Å². The monoisotopic (exact) mass is 429 g/mol. The maximum atomic E-state index is 13.4. The molecule has 158 valence electrons. The third-order valence-corrected chi connectivity index (χ3v) is 12.2. The van der Waals surface area contributed by atoms with E-state index < -0.39 is 18.0 Å². The van der Waals surface area contributed by atoms with Gasteiger partial charge < -0.3 is 4.43 Å². The zero-order chi connectivity index (χ0) is 21.7. The minimum Gasteiger partial charge on any atom is -0.409 e. The molecule has 0 aliphatic carbocycles. The highest BCUT2D eigenvalue weighted by Crippen LogP contribution is 2.42. The Morgan fingerprint density at radius 1 is 1.00 bits per heavy atom. The van der Waals surface area contributed by atoms with Crippen LogP contribution < -0.4 is 0 Å². The van der Waals surface area contributed by atoms with Gasteiger partial charge in [-0.3, -0.25) is 0 Å². The molecule has 5 heteroatoms. The molecule has 2 aromatic carbocycles. The van der Waals surface area contributed by atoms with E-state index in [2.05, 4.69) is 57.3 Å². The molecule has 0 aliphatic rings. The van der Waals surface area contributed by atoms with Gasteiger partial charge in [0.25, 0.3) is 0 Å². The molecule has 2 rings (SSSR count). The lowest BCUT2D eigenvalue weighted by Crippen LogP contribution is -2.42. The molecule has 0 aromatic heterocycles. The second-order valence-corrected chi connectivity index (χ2v) is 16.0. The predicted molar refractivity (Wildman–Crippen MR) is 127 cm³/mol. The molecule has 29 heavy (non-hydrogen) atoms. The Morgan fingerprint density at radius 3 is 2.00 bits per heavy atom. The largest absolute Gasteiger partial charge is 0.409 e. The minimum atomic E-state index is -2.59. The fraction of sp³-hybridized carbons (Fsp3) is 0.417. The standard InChI is InChI=1S/C24H35NO2SSi/c1-20(18-19-28(26,25-5)22-16-12-9-13-17-22)23(21-14-10-8-11-15-21)27-29(6,7)24(2,3)4/h8-20,23H,1-7H3/b19-18+/t20-,23-,28-/m1/s1. The van der Waals surface area contributed by atoms with Gasteiger partial charge in [0, 0.05) is 18.4 Å². The summed E-state index contributed by atoms with van der Waals surface area (Å²) in [4.78, 5) is 0.729. The van der Waals surface area contributed by atoms with Crippen molar-refractivity contribution in [3.8, 4) is 0 Å². The molecule has 0 heterocycles. The number of hydrogen-bond donors (Lipinski definition) is 0. The number of benzene rings is 2. The summed E-state index contributed by atoms with van der Waals surface area (Å²) >= 11 is 0. The van der Waals surface area contributed by atoms with Crippen LogP contribution in [0.3, 0.4) is 0 Å². The van der Waals surface area contributed by atoms with E-state index in [4.69, 9.17) is 4.43 Å². The lowest BCUT2D eigenvalue weighted by molar-refractivity contribution is 0.147. The quantitative estimate of drug-likeness (QED) is 0.442. The Kier molecular flexibility index (Phi) is 7.66. The molecule has 3 atom stereocenters. The first kappa shape index (κ1) is 23.6. The van der Waals surface area contributed by atoms with Crippen LogP contribution in [0.5, 0.6) is 0 Å². The third-order valence-electron chi connectivity index (χ3n) is 5.75. The molecule has 0 saturated carbocycles. The Labute approximate surface area is 178 Å². The molecule has 2 aromatic rings. The first-order valence-electron chi connectivity index (χ1n) is 10.1. The first-order valence-corrected chi connectivity index (χ1v) is 14.6. The highest BCUT2D eigenvalue weighted by Gasteiger charge is 2.40. The van der Waals surface area contributed by atoms with Crippen LogP contribution in [-0.2, 0) is 14.2 Å². The summed E-state index contributed by atoms with van der Waals surface area (Å²) in [6, 6.07) is 19.8. The first-order chi connectivity index (χ1) is 13.5. The summed E-state index contributed by atoms with van der Waals surface area (Å²) < 4.78 is 24.4. The van der Waals surface area contributed by atoms with Crippen molar-refractivity contribution in [1.29, 1.82) is 0 Å². The normalized spacial score (nSPS) is 16.9. The van der Waals surface area contributed by atoms with Crippen molar-refractivity contribution >= 4 is 18.0 Å². The second-order valence-electron chi connectivity index (χ2n) is 8.96. The van der Waals surface area contributed by atoms with Gasteiger partial charge in [-0.15, -0.1) is 0 Å². The van der Waals surface area contributed by atoms with Crippen LogP contribution >= 0.6 is 0 Å². The van der Waals surface area contributed by atoms with Crippen LogP contribution in [-0.4, -0.2) is 19.6 Å². The maximum absolute atomic E-state index is 13.4. The molecule has 0 saturated heterocycles. The smallest absolute Gasteiger partial charge is 0.192 e. The summed E-state index contributed by atoms with van der Waals surface area (Å²) in [7, 11) is -2.96. The summed E-state index contributed by atoms with van der Waals surface area (Å²) in [6.07, 6.45) is 1.91. The van der Waals surface area contributed by atoms with E-state index in [1.807, 2.05) is 54.6 Å².